The van der Waals surface area contributed by atoms with Crippen LogP contribution < -0.4 is 5.32 Å². The summed E-state index contributed by atoms with van der Waals surface area (Å²) in [6, 6.07) is 7.71. The summed E-state index contributed by atoms with van der Waals surface area (Å²) in [4.78, 5) is 0. The fraction of sp³-hybridized carbons (Fsp3) is 0.600. The highest BCUT2D eigenvalue weighted by Gasteiger charge is 2.30. The van der Waals surface area contributed by atoms with Crippen LogP contribution in [0.25, 0.3) is 0 Å². The Labute approximate surface area is 103 Å². The third kappa shape index (κ3) is 3.29. The van der Waals surface area contributed by atoms with E-state index in [-0.39, 0.29) is 5.82 Å². The zero-order valence-corrected chi connectivity index (χ0v) is 10.7. The smallest absolute Gasteiger partial charge is 0.126 e. The third-order valence-electron chi connectivity index (χ3n) is 3.90. The second-order valence-electron chi connectivity index (χ2n) is 5.47. The number of hydrogen-bond donors (Lipinski definition) is 1. The van der Waals surface area contributed by atoms with Crippen molar-refractivity contribution in [1.82, 2.24) is 5.32 Å². The first kappa shape index (κ1) is 12.6. The van der Waals surface area contributed by atoms with E-state index >= 15 is 0 Å². The van der Waals surface area contributed by atoms with Crippen molar-refractivity contribution in [2.75, 3.05) is 6.54 Å². The molecule has 1 aromatic rings. The highest BCUT2D eigenvalue weighted by molar-refractivity contribution is 5.17. The monoisotopic (exact) mass is 235 g/mol. The van der Waals surface area contributed by atoms with Crippen molar-refractivity contribution in [3.63, 3.8) is 0 Å². The predicted octanol–water partition coefficient (Wildman–Crippen LogP) is 3.39. The highest BCUT2D eigenvalue weighted by atomic mass is 19.1. The van der Waals surface area contributed by atoms with Crippen LogP contribution in [0.15, 0.2) is 24.3 Å². The maximum atomic E-state index is 13.4. The molecule has 0 radical (unpaired) electrons. The topological polar surface area (TPSA) is 12.0 Å². The van der Waals surface area contributed by atoms with Gasteiger partial charge in [0.25, 0.3) is 0 Å². The van der Waals surface area contributed by atoms with Gasteiger partial charge in [0.2, 0.25) is 0 Å². The first-order valence-electron chi connectivity index (χ1n) is 6.63. The van der Waals surface area contributed by atoms with Gasteiger partial charge in [-0.3, -0.25) is 0 Å². The van der Waals surface area contributed by atoms with Gasteiger partial charge in [-0.05, 0) is 49.3 Å². The van der Waals surface area contributed by atoms with Crippen LogP contribution in [0, 0.1) is 17.7 Å². The van der Waals surface area contributed by atoms with Crippen molar-refractivity contribution in [3.05, 3.63) is 35.6 Å². The lowest BCUT2D eigenvalue weighted by atomic mass is 9.73. The molecular formula is C15H22FN. The molecule has 2 rings (SSSR count). The van der Waals surface area contributed by atoms with E-state index in [9.17, 15) is 4.39 Å². The van der Waals surface area contributed by atoms with Gasteiger partial charge in [0.05, 0.1) is 0 Å². The summed E-state index contributed by atoms with van der Waals surface area (Å²) in [5.41, 5.74) is 0.819. The lowest BCUT2D eigenvalue weighted by Gasteiger charge is -2.38. The minimum atomic E-state index is -0.0806. The Hall–Kier alpha value is -0.890. The molecule has 0 saturated heterocycles. The molecule has 0 unspecified atom stereocenters. The van der Waals surface area contributed by atoms with E-state index in [1.807, 2.05) is 12.1 Å². The lowest BCUT2D eigenvalue weighted by Crippen LogP contribution is -2.43. The van der Waals surface area contributed by atoms with Gasteiger partial charge in [0.15, 0.2) is 0 Å². The van der Waals surface area contributed by atoms with E-state index in [0.717, 1.165) is 30.4 Å². The summed E-state index contributed by atoms with van der Waals surface area (Å²) < 4.78 is 13.4. The van der Waals surface area contributed by atoms with Gasteiger partial charge < -0.3 is 5.32 Å². The van der Waals surface area contributed by atoms with Crippen molar-refractivity contribution in [2.24, 2.45) is 11.8 Å². The zero-order valence-electron chi connectivity index (χ0n) is 10.7. The Morgan fingerprint density at radius 2 is 2.00 bits per heavy atom. The molecular weight excluding hydrogens is 213 g/mol. The number of benzene rings is 1. The molecule has 1 aliphatic rings. The average Bonchev–Trinajstić information content (AvgIpc) is 2.23. The van der Waals surface area contributed by atoms with Crippen LogP contribution in [0.3, 0.4) is 0 Å². The average molecular weight is 235 g/mol. The quantitative estimate of drug-likeness (QED) is 0.825. The maximum Gasteiger partial charge on any atom is 0.126 e. The number of nitrogens with one attached hydrogen (secondary N) is 1. The molecule has 94 valence electrons. The van der Waals surface area contributed by atoms with Crippen LogP contribution >= 0.6 is 0 Å². The van der Waals surface area contributed by atoms with E-state index < -0.39 is 0 Å². The van der Waals surface area contributed by atoms with Gasteiger partial charge in [-0.15, -0.1) is 0 Å². The fourth-order valence-electron chi connectivity index (χ4n) is 2.48. The van der Waals surface area contributed by atoms with Crippen LogP contribution in [0.4, 0.5) is 4.39 Å². The highest BCUT2D eigenvalue weighted by Crippen LogP contribution is 2.33. The van der Waals surface area contributed by atoms with E-state index in [2.05, 4.69) is 19.2 Å². The van der Waals surface area contributed by atoms with Crippen LogP contribution in [-0.2, 0) is 6.42 Å². The Bertz CT molecular complexity index is 356. The molecule has 0 aromatic heterocycles. The van der Waals surface area contributed by atoms with Crippen LogP contribution in [-0.4, -0.2) is 12.6 Å². The van der Waals surface area contributed by atoms with Gasteiger partial charge in [0, 0.05) is 6.04 Å². The van der Waals surface area contributed by atoms with E-state index in [1.54, 1.807) is 6.07 Å². The molecule has 0 atom stereocenters. The second kappa shape index (κ2) is 5.63. The first-order valence-corrected chi connectivity index (χ1v) is 6.63. The SMILES string of the molecule is CC(C)C1CC(NCCc2ccccc2F)C1. The molecule has 1 aliphatic carbocycles. The predicted molar refractivity (Wildman–Crippen MR) is 69.5 cm³/mol. The minimum absolute atomic E-state index is 0.0806. The molecule has 17 heavy (non-hydrogen) atoms. The summed E-state index contributed by atoms with van der Waals surface area (Å²) in [7, 11) is 0. The van der Waals surface area contributed by atoms with Crippen molar-refractivity contribution < 1.29 is 4.39 Å². The largest absolute Gasteiger partial charge is 0.314 e. The Morgan fingerprint density at radius 1 is 1.29 bits per heavy atom. The van der Waals surface area contributed by atoms with Crippen molar-refractivity contribution >= 4 is 0 Å². The Morgan fingerprint density at radius 3 is 2.65 bits per heavy atom. The van der Waals surface area contributed by atoms with E-state index in [0.29, 0.717) is 6.04 Å². The maximum absolute atomic E-state index is 13.4. The normalized spacial score (nSPS) is 23.8. The summed E-state index contributed by atoms with van der Waals surface area (Å²) in [5.74, 6) is 1.61. The molecule has 2 heteroatoms. The Kier molecular flexibility index (Phi) is 4.16. The van der Waals surface area contributed by atoms with Crippen molar-refractivity contribution in [3.8, 4) is 0 Å². The lowest BCUT2D eigenvalue weighted by molar-refractivity contribution is 0.169. The molecule has 0 amide bonds. The van der Waals surface area contributed by atoms with Crippen LogP contribution in [0.5, 0.6) is 0 Å². The van der Waals surface area contributed by atoms with Crippen LogP contribution in [0.1, 0.15) is 32.3 Å². The first-order chi connectivity index (χ1) is 8.16. The van der Waals surface area contributed by atoms with Crippen LogP contribution in [0.2, 0.25) is 0 Å². The van der Waals surface area contributed by atoms with Gasteiger partial charge in [-0.1, -0.05) is 32.0 Å². The number of hydrogen-bond acceptors (Lipinski definition) is 1. The Balaban J connectivity index is 1.66. The molecule has 1 aromatic carbocycles. The zero-order chi connectivity index (χ0) is 12.3. The molecule has 1 saturated carbocycles. The summed E-state index contributed by atoms with van der Waals surface area (Å²) >= 11 is 0. The summed E-state index contributed by atoms with van der Waals surface area (Å²) in [6.07, 6.45) is 3.36. The number of halogens is 1. The second-order valence-corrected chi connectivity index (χ2v) is 5.47. The molecule has 1 fully saturated rings. The number of rotatable bonds is 5. The van der Waals surface area contributed by atoms with Gasteiger partial charge >= 0.3 is 0 Å². The van der Waals surface area contributed by atoms with E-state index in [4.69, 9.17) is 0 Å². The van der Waals surface area contributed by atoms with Gasteiger partial charge in [0.1, 0.15) is 5.82 Å². The summed E-state index contributed by atoms with van der Waals surface area (Å²) in [6.45, 7) is 5.47. The fourth-order valence-corrected chi connectivity index (χ4v) is 2.48. The molecule has 0 heterocycles. The standard InChI is InChI=1S/C15H22FN/c1-11(2)13-9-14(10-13)17-8-7-12-5-3-4-6-15(12)16/h3-6,11,13-14,17H,7-10H2,1-2H3. The molecule has 1 nitrogen and oxygen atoms in total. The van der Waals surface area contributed by atoms with Crippen molar-refractivity contribution in [1.29, 1.82) is 0 Å². The van der Waals surface area contributed by atoms with E-state index in [1.165, 1.54) is 18.9 Å². The molecule has 0 spiro atoms. The van der Waals surface area contributed by atoms with Gasteiger partial charge in [-0.2, -0.15) is 0 Å². The summed E-state index contributed by atoms with van der Waals surface area (Å²) in [5, 5.41) is 3.51. The molecule has 0 aliphatic heterocycles. The third-order valence-corrected chi connectivity index (χ3v) is 3.90. The van der Waals surface area contributed by atoms with Crippen molar-refractivity contribution in [2.45, 2.75) is 39.2 Å². The molecule has 1 N–H and O–H groups in total. The minimum Gasteiger partial charge on any atom is -0.314 e. The molecule has 0 bridgehead atoms. The van der Waals surface area contributed by atoms with Gasteiger partial charge in [-0.25, -0.2) is 4.39 Å².